The Hall–Kier alpha value is -3.10. The van der Waals surface area contributed by atoms with Crippen molar-refractivity contribution in [3.8, 4) is 11.4 Å². The molecule has 4 heterocycles. The van der Waals surface area contributed by atoms with Crippen LogP contribution in [0.3, 0.4) is 0 Å². The van der Waals surface area contributed by atoms with Crippen molar-refractivity contribution in [1.82, 2.24) is 34.4 Å². The molecule has 1 unspecified atom stereocenters. The van der Waals surface area contributed by atoms with Crippen molar-refractivity contribution in [1.29, 1.82) is 0 Å². The van der Waals surface area contributed by atoms with Crippen molar-refractivity contribution in [3.63, 3.8) is 0 Å². The molecule has 9 nitrogen and oxygen atoms in total. The molecule has 0 bridgehead atoms. The highest BCUT2D eigenvalue weighted by Gasteiger charge is 2.38. The van der Waals surface area contributed by atoms with Gasteiger partial charge in [0.05, 0.1) is 5.56 Å². The van der Waals surface area contributed by atoms with Crippen LogP contribution in [0.1, 0.15) is 38.9 Å². The van der Waals surface area contributed by atoms with Crippen molar-refractivity contribution < 1.29 is 4.79 Å². The van der Waals surface area contributed by atoms with Crippen LogP contribution < -0.4 is 4.90 Å². The van der Waals surface area contributed by atoms with Crippen molar-refractivity contribution in [3.05, 3.63) is 24.5 Å². The molecule has 1 atom stereocenters. The number of carbonyl (C=O) groups excluding carboxylic acids is 1. The quantitative estimate of drug-likeness (QED) is 0.605. The van der Waals surface area contributed by atoms with Crippen molar-refractivity contribution in [2.24, 2.45) is 5.92 Å². The Bertz CT molecular complexity index is 1100. The topological polar surface area (TPSA) is 92.9 Å². The lowest BCUT2D eigenvalue weighted by atomic mass is 10.2. The zero-order chi connectivity index (χ0) is 21.5. The maximum atomic E-state index is 12.5. The van der Waals surface area contributed by atoms with Crippen molar-refractivity contribution in [2.75, 3.05) is 24.5 Å². The van der Waals surface area contributed by atoms with Crippen LogP contribution in [0.25, 0.3) is 22.6 Å². The van der Waals surface area contributed by atoms with Crippen LogP contribution in [0.4, 0.5) is 5.82 Å². The molecule has 2 aliphatic rings. The molecule has 2 fully saturated rings. The molecule has 0 spiro atoms. The lowest BCUT2D eigenvalue weighted by Crippen LogP contribution is -2.39. The number of imidazole rings is 1. The number of likely N-dealkylation sites (N-methyl/N-ethyl adjacent to an activating group) is 1. The number of rotatable bonds is 6. The molecule has 0 N–H and O–H groups in total. The highest BCUT2D eigenvalue weighted by molar-refractivity contribution is 5.87. The van der Waals surface area contributed by atoms with Gasteiger partial charge in [0.1, 0.15) is 18.0 Å². The summed E-state index contributed by atoms with van der Waals surface area (Å²) in [4.78, 5) is 39.7. The van der Waals surface area contributed by atoms with Gasteiger partial charge in [-0.15, -0.1) is 0 Å². The van der Waals surface area contributed by atoms with E-state index in [2.05, 4.69) is 43.3 Å². The van der Waals surface area contributed by atoms with Gasteiger partial charge in [0, 0.05) is 50.5 Å². The predicted octanol–water partition coefficient (Wildman–Crippen LogP) is 2.45. The van der Waals surface area contributed by atoms with E-state index < -0.39 is 0 Å². The number of hydrogen-bond acceptors (Lipinski definition) is 7. The molecule has 3 aromatic heterocycles. The highest BCUT2D eigenvalue weighted by Crippen LogP contribution is 2.34. The van der Waals surface area contributed by atoms with Gasteiger partial charge in [0.2, 0.25) is 5.91 Å². The average Bonchev–Trinajstić information content (AvgIpc) is 3.40. The Morgan fingerprint density at radius 1 is 1.13 bits per heavy atom. The Labute approximate surface area is 181 Å². The molecule has 31 heavy (non-hydrogen) atoms. The monoisotopic (exact) mass is 420 g/mol. The van der Waals surface area contributed by atoms with Crippen molar-refractivity contribution >= 4 is 22.9 Å². The zero-order valence-electron chi connectivity index (χ0n) is 18.3. The summed E-state index contributed by atoms with van der Waals surface area (Å²) >= 11 is 0. The number of aromatic nitrogens is 6. The van der Waals surface area contributed by atoms with E-state index in [4.69, 9.17) is 4.98 Å². The second-order valence-corrected chi connectivity index (χ2v) is 8.36. The molecule has 5 rings (SSSR count). The predicted molar refractivity (Wildman–Crippen MR) is 117 cm³/mol. The Balaban J connectivity index is 1.51. The minimum atomic E-state index is 0.240. The van der Waals surface area contributed by atoms with Gasteiger partial charge in [-0.05, 0) is 40.0 Å². The number of aryl methyl sites for hydroxylation is 2. The number of carbonyl (C=O) groups is 1. The first-order valence-electron chi connectivity index (χ1n) is 11.2. The van der Waals surface area contributed by atoms with E-state index in [1.54, 1.807) is 18.7 Å². The highest BCUT2D eigenvalue weighted by atomic mass is 16.2. The molecule has 0 aromatic carbocycles. The Morgan fingerprint density at radius 2 is 1.90 bits per heavy atom. The average molecular weight is 421 g/mol. The summed E-state index contributed by atoms with van der Waals surface area (Å²) in [5.41, 5.74) is 2.46. The number of nitrogens with zero attached hydrogens (tertiary/aromatic N) is 8. The van der Waals surface area contributed by atoms with Gasteiger partial charge >= 0.3 is 0 Å². The molecule has 1 aliphatic carbocycles. The number of anilines is 1. The standard InChI is InChI=1S/C22H28N8O/c1-4-29(17-8-9-28(12-17)22(31)15-6-7-15)20-18-21(26-13-25-20)30(5-2)19(27-18)16-10-23-14(3)24-11-16/h10-11,13,15,17H,4-9,12H2,1-3H3. The summed E-state index contributed by atoms with van der Waals surface area (Å²) in [5, 5.41) is 0. The molecule has 1 aliphatic heterocycles. The van der Waals surface area contributed by atoms with Crippen molar-refractivity contribution in [2.45, 2.75) is 52.6 Å². The summed E-state index contributed by atoms with van der Waals surface area (Å²) in [6.07, 6.45) is 8.27. The van der Waals surface area contributed by atoms with E-state index in [-0.39, 0.29) is 12.0 Å². The molecule has 0 radical (unpaired) electrons. The lowest BCUT2D eigenvalue weighted by Gasteiger charge is -2.29. The largest absolute Gasteiger partial charge is 0.350 e. The first-order valence-corrected chi connectivity index (χ1v) is 11.2. The van der Waals surface area contributed by atoms with Crippen LogP contribution in [-0.4, -0.2) is 66.0 Å². The van der Waals surface area contributed by atoms with E-state index in [9.17, 15) is 4.79 Å². The summed E-state index contributed by atoms with van der Waals surface area (Å²) in [6, 6.07) is 0.240. The third-order valence-corrected chi connectivity index (χ3v) is 6.32. The Morgan fingerprint density at radius 3 is 2.58 bits per heavy atom. The van der Waals surface area contributed by atoms with Gasteiger partial charge in [0.15, 0.2) is 17.0 Å². The second kappa shape index (κ2) is 7.86. The molecule has 3 aromatic rings. The molecule has 9 heteroatoms. The fourth-order valence-corrected chi connectivity index (χ4v) is 4.53. The summed E-state index contributed by atoms with van der Waals surface area (Å²) in [5.74, 6) is 2.95. The maximum Gasteiger partial charge on any atom is 0.225 e. The number of amides is 1. The van der Waals surface area contributed by atoms with Gasteiger partial charge in [0.25, 0.3) is 0 Å². The number of fused-ring (bicyclic) bond motifs is 1. The molecule has 162 valence electrons. The number of hydrogen-bond donors (Lipinski definition) is 0. The van der Waals surface area contributed by atoms with E-state index in [1.165, 1.54) is 0 Å². The summed E-state index contributed by atoms with van der Waals surface area (Å²) in [7, 11) is 0. The van der Waals surface area contributed by atoms with Crippen LogP contribution in [-0.2, 0) is 11.3 Å². The molecular formula is C22H28N8O. The van der Waals surface area contributed by atoms with Crippen LogP contribution in [0.5, 0.6) is 0 Å². The lowest BCUT2D eigenvalue weighted by molar-refractivity contribution is -0.131. The van der Waals surface area contributed by atoms with Crippen LogP contribution in [0.2, 0.25) is 0 Å². The first kappa shape index (κ1) is 19.8. The maximum absolute atomic E-state index is 12.5. The SMILES string of the molecule is CCN(c1ncnc2c1nc(-c1cnc(C)nc1)n2CC)C1CCN(C(=O)C2CC2)C1. The third-order valence-electron chi connectivity index (χ3n) is 6.32. The summed E-state index contributed by atoms with van der Waals surface area (Å²) in [6.45, 7) is 9.18. The van der Waals surface area contributed by atoms with E-state index in [0.29, 0.717) is 5.91 Å². The van der Waals surface area contributed by atoms with E-state index >= 15 is 0 Å². The normalized spacial score (nSPS) is 18.7. The van der Waals surface area contributed by atoms with E-state index in [1.807, 2.05) is 11.8 Å². The smallest absolute Gasteiger partial charge is 0.225 e. The zero-order valence-corrected chi connectivity index (χ0v) is 18.3. The van der Waals surface area contributed by atoms with Gasteiger partial charge in [-0.2, -0.15) is 0 Å². The van der Waals surface area contributed by atoms with Gasteiger partial charge in [-0.1, -0.05) is 0 Å². The third kappa shape index (κ3) is 3.51. The molecule has 1 saturated heterocycles. The molecular weight excluding hydrogens is 392 g/mol. The van der Waals surface area contributed by atoms with Crippen LogP contribution in [0, 0.1) is 12.8 Å². The fraction of sp³-hybridized carbons (Fsp3) is 0.545. The van der Waals surface area contributed by atoms with E-state index in [0.717, 1.165) is 79.6 Å². The summed E-state index contributed by atoms with van der Waals surface area (Å²) < 4.78 is 2.08. The molecule has 1 amide bonds. The van der Waals surface area contributed by atoms with Gasteiger partial charge in [-0.3, -0.25) is 4.79 Å². The first-order chi connectivity index (χ1) is 15.1. The molecule has 1 saturated carbocycles. The minimum Gasteiger partial charge on any atom is -0.350 e. The van der Waals surface area contributed by atoms with Gasteiger partial charge < -0.3 is 14.4 Å². The fourth-order valence-electron chi connectivity index (χ4n) is 4.53. The van der Waals surface area contributed by atoms with Crippen LogP contribution >= 0.6 is 0 Å². The number of likely N-dealkylation sites (tertiary alicyclic amines) is 1. The Kier molecular flexibility index (Phi) is 5.03. The second-order valence-electron chi connectivity index (χ2n) is 8.36. The van der Waals surface area contributed by atoms with Gasteiger partial charge in [-0.25, -0.2) is 24.9 Å². The van der Waals surface area contributed by atoms with Crippen LogP contribution in [0.15, 0.2) is 18.7 Å². The minimum absolute atomic E-state index is 0.240.